The molecule has 0 saturated heterocycles. The number of hydrogen-bond donors (Lipinski definition) is 3. The molecule has 6 nitrogen and oxygen atoms in total. The molecular formula is C19H22ClF2N3O3. The number of methoxy groups -OCH3 is 1. The minimum absolute atomic E-state index is 0. The molecule has 0 aliphatic carbocycles. The van der Waals surface area contributed by atoms with E-state index in [0.717, 1.165) is 17.7 Å². The molecule has 1 amide bonds. The maximum atomic E-state index is 14.5. The summed E-state index contributed by atoms with van der Waals surface area (Å²) in [6, 6.07) is 8.85. The summed E-state index contributed by atoms with van der Waals surface area (Å²) in [5.41, 5.74) is 6.18. The van der Waals surface area contributed by atoms with Gasteiger partial charge in [0, 0.05) is 18.7 Å². The zero-order valence-corrected chi connectivity index (χ0v) is 16.2. The molecular weight excluding hydrogens is 392 g/mol. The van der Waals surface area contributed by atoms with Crippen LogP contribution in [0.15, 0.2) is 36.4 Å². The smallest absolute Gasteiger partial charge is 0.254 e. The zero-order valence-electron chi connectivity index (χ0n) is 15.4. The Hall–Kier alpha value is -2.71. The van der Waals surface area contributed by atoms with Gasteiger partial charge in [-0.25, -0.2) is 8.78 Å². The van der Waals surface area contributed by atoms with Crippen LogP contribution in [0.5, 0.6) is 5.75 Å². The van der Waals surface area contributed by atoms with Gasteiger partial charge in [0.05, 0.1) is 12.7 Å². The van der Waals surface area contributed by atoms with E-state index in [4.69, 9.17) is 20.6 Å². The molecule has 4 N–H and O–H groups in total. The first-order valence-electron chi connectivity index (χ1n) is 8.23. The number of nitrogens with two attached hydrogens (primary N) is 1. The van der Waals surface area contributed by atoms with Gasteiger partial charge in [0.2, 0.25) is 0 Å². The summed E-state index contributed by atoms with van der Waals surface area (Å²) in [5.74, 6) is -2.79. The third-order valence-electron chi connectivity index (χ3n) is 3.88. The number of hydrogen-bond acceptors (Lipinski definition) is 4. The van der Waals surface area contributed by atoms with Crippen molar-refractivity contribution in [1.29, 1.82) is 5.41 Å². The first-order valence-corrected chi connectivity index (χ1v) is 8.23. The van der Waals surface area contributed by atoms with E-state index in [-0.39, 0.29) is 37.1 Å². The zero-order chi connectivity index (χ0) is 20.0. The quantitative estimate of drug-likeness (QED) is 0.457. The monoisotopic (exact) mass is 413 g/mol. The minimum atomic E-state index is -1.46. The molecule has 1 atom stereocenters. The van der Waals surface area contributed by atoms with Gasteiger partial charge in [0.25, 0.3) is 5.91 Å². The topological polar surface area (TPSA) is 97.4 Å². The molecule has 0 aliphatic rings. The van der Waals surface area contributed by atoms with Gasteiger partial charge in [0.1, 0.15) is 11.7 Å². The van der Waals surface area contributed by atoms with E-state index < -0.39 is 29.2 Å². The van der Waals surface area contributed by atoms with Crippen molar-refractivity contribution in [3.8, 4) is 5.75 Å². The molecule has 2 aromatic carbocycles. The van der Waals surface area contributed by atoms with Crippen molar-refractivity contribution >= 4 is 24.1 Å². The van der Waals surface area contributed by atoms with E-state index in [2.05, 4.69) is 5.32 Å². The first-order chi connectivity index (χ1) is 12.9. The highest BCUT2D eigenvalue weighted by molar-refractivity contribution is 5.94. The lowest BCUT2D eigenvalue weighted by atomic mass is 10.1. The van der Waals surface area contributed by atoms with Crippen LogP contribution in [-0.2, 0) is 16.1 Å². The molecule has 0 aliphatic heterocycles. The largest absolute Gasteiger partial charge is 0.494 e. The van der Waals surface area contributed by atoms with Gasteiger partial charge >= 0.3 is 0 Å². The minimum Gasteiger partial charge on any atom is -0.494 e. The average Bonchev–Trinajstić information content (AvgIpc) is 2.66. The number of nitrogen functional groups attached to an aromatic ring is 1. The molecule has 0 aromatic heterocycles. The lowest BCUT2D eigenvalue weighted by Crippen LogP contribution is -2.31. The normalized spacial score (nSPS) is 11.3. The fourth-order valence-corrected chi connectivity index (χ4v) is 2.49. The van der Waals surface area contributed by atoms with Gasteiger partial charge in [-0.2, -0.15) is 0 Å². The predicted molar refractivity (Wildman–Crippen MR) is 104 cm³/mol. The number of carbonyl (C=O) groups is 1. The number of rotatable bonds is 8. The van der Waals surface area contributed by atoms with E-state index in [1.165, 1.54) is 7.11 Å². The second kappa shape index (κ2) is 10.6. The van der Waals surface area contributed by atoms with Crippen LogP contribution in [-0.4, -0.2) is 25.5 Å². The summed E-state index contributed by atoms with van der Waals surface area (Å²) in [7, 11) is 1.25. The second-order valence-corrected chi connectivity index (χ2v) is 5.64. The SMILES string of the molecule is CCOC(C(=O)NCc1ccc(C(=N)N)cc1)c1c(F)ccc(OC)c1F.Cl. The molecule has 0 spiro atoms. The Labute approximate surface area is 167 Å². The molecule has 0 bridgehead atoms. The van der Waals surface area contributed by atoms with Crippen LogP contribution < -0.4 is 15.8 Å². The van der Waals surface area contributed by atoms with Crippen LogP contribution in [0, 0.1) is 17.0 Å². The first kappa shape index (κ1) is 23.3. The predicted octanol–water partition coefficient (Wildman–Crippen LogP) is 3.07. The Morgan fingerprint density at radius 3 is 2.39 bits per heavy atom. The molecule has 152 valence electrons. The fourth-order valence-electron chi connectivity index (χ4n) is 2.49. The number of halogens is 3. The Morgan fingerprint density at radius 2 is 1.86 bits per heavy atom. The molecule has 1 unspecified atom stereocenters. The third kappa shape index (κ3) is 5.40. The third-order valence-corrected chi connectivity index (χ3v) is 3.88. The highest BCUT2D eigenvalue weighted by Gasteiger charge is 2.29. The standard InChI is InChI=1S/C19H21F2N3O3.ClH/c1-3-27-17(15-13(20)8-9-14(26-2)16(15)21)19(25)24-10-11-4-6-12(7-5-11)18(22)23;/h4-9,17H,3,10H2,1-2H3,(H3,22,23)(H,24,25);1H. The van der Waals surface area contributed by atoms with Crippen molar-refractivity contribution in [1.82, 2.24) is 5.32 Å². The van der Waals surface area contributed by atoms with Gasteiger partial charge < -0.3 is 20.5 Å². The Balaban J connectivity index is 0.00000392. The molecule has 9 heteroatoms. The molecule has 28 heavy (non-hydrogen) atoms. The highest BCUT2D eigenvalue weighted by atomic mass is 35.5. The fraction of sp³-hybridized carbons (Fsp3) is 0.263. The maximum Gasteiger partial charge on any atom is 0.254 e. The van der Waals surface area contributed by atoms with Gasteiger partial charge in [-0.1, -0.05) is 24.3 Å². The summed E-state index contributed by atoms with van der Waals surface area (Å²) >= 11 is 0. The molecule has 2 rings (SSSR count). The Bertz CT molecular complexity index is 832. The van der Waals surface area contributed by atoms with Crippen LogP contribution in [0.3, 0.4) is 0 Å². The van der Waals surface area contributed by atoms with E-state index in [9.17, 15) is 13.6 Å². The number of amidine groups is 1. The van der Waals surface area contributed by atoms with Crippen LogP contribution in [0.1, 0.15) is 29.7 Å². The molecule has 0 heterocycles. The summed E-state index contributed by atoms with van der Waals surface area (Å²) in [6.07, 6.45) is -1.46. The molecule has 0 radical (unpaired) electrons. The molecule has 0 fully saturated rings. The van der Waals surface area contributed by atoms with Crippen molar-refractivity contribution in [3.63, 3.8) is 0 Å². The van der Waals surface area contributed by atoms with Gasteiger partial charge in [0.15, 0.2) is 17.7 Å². The molecule has 0 saturated carbocycles. The Morgan fingerprint density at radius 1 is 1.21 bits per heavy atom. The average molecular weight is 414 g/mol. The highest BCUT2D eigenvalue weighted by Crippen LogP contribution is 2.30. The number of carbonyl (C=O) groups excluding carboxylic acids is 1. The van der Waals surface area contributed by atoms with E-state index in [1.54, 1.807) is 31.2 Å². The Kier molecular flexibility index (Phi) is 8.81. The van der Waals surface area contributed by atoms with Crippen molar-refractivity contribution in [3.05, 3.63) is 64.7 Å². The van der Waals surface area contributed by atoms with Crippen molar-refractivity contribution in [2.45, 2.75) is 19.6 Å². The van der Waals surface area contributed by atoms with Crippen LogP contribution in [0.4, 0.5) is 8.78 Å². The van der Waals surface area contributed by atoms with Gasteiger partial charge in [-0.15, -0.1) is 12.4 Å². The van der Waals surface area contributed by atoms with Crippen molar-refractivity contribution < 1.29 is 23.0 Å². The summed E-state index contributed by atoms with van der Waals surface area (Å²) in [6.45, 7) is 1.83. The van der Waals surface area contributed by atoms with Crippen LogP contribution in [0.2, 0.25) is 0 Å². The summed E-state index contributed by atoms with van der Waals surface area (Å²) < 4.78 is 38.8. The van der Waals surface area contributed by atoms with Crippen molar-refractivity contribution in [2.24, 2.45) is 5.73 Å². The second-order valence-electron chi connectivity index (χ2n) is 5.64. The maximum absolute atomic E-state index is 14.5. The summed E-state index contributed by atoms with van der Waals surface area (Å²) in [5, 5.41) is 9.96. The van der Waals surface area contributed by atoms with E-state index in [0.29, 0.717) is 5.56 Å². The number of benzene rings is 2. The lowest BCUT2D eigenvalue weighted by molar-refractivity contribution is -0.133. The van der Waals surface area contributed by atoms with Crippen molar-refractivity contribution in [2.75, 3.05) is 13.7 Å². The number of amides is 1. The van der Waals surface area contributed by atoms with Crippen LogP contribution in [0.25, 0.3) is 0 Å². The summed E-state index contributed by atoms with van der Waals surface area (Å²) in [4.78, 5) is 12.5. The van der Waals surface area contributed by atoms with Gasteiger partial charge in [-0.05, 0) is 24.6 Å². The van der Waals surface area contributed by atoms with Gasteiger partial charge in [-0.3, -0.25) is 10.2 Å². The van der Waals surface area contributed by atoms with Crippen LogP contribution >= 0.6 is 12.4 Å². The number of nitrogens with one attached hydrogen (secondary N) is 2. The molecule has 2 aromatic rings. The number of ether oxygens (including phenoxy) is 2. The van der Waals surface area contributed by atoms with E-state index in [1.807, 2.05) is 0 Å². The lowest BCUT2D eigenvalue weighted by Gasteiger charge is -2.19. The van der Waals surface area contributed by atoms with E-state index >= 15 is 0 Å².